The second-order valence-corrected chi connectivity index (χ2v) is 11.4. The Morgan fingerprint density at radius 3 is 2.19 bits per heavy atom. The summed E-state index contributed by atoms with van der Waals surface area (Å²) in [5.41, 5.74) is 6.18. The molecule has 2 N–H and O–H groups in total. The van der Waals surface area contributed by atoms with Gasteiger partial charge in [-0.3, -0.25) is 13.9 Å². The summed E-state index contributed by atoms with van der Waals surface area (Å²) < 4.78 is 33.6. The standard InChI is InChI=1S/C32H32N4O5S/c1-24-13-18-30(25(2)19-24)36(42(39,40)29-11-7-4-8-12-29)22-31(37)35-34-21-27-14-16-28(17-15-27)41-23-32(38)33-20-26-9-5-3-6-10-26/h3-19,21H,20,22-23H2,1-2H3,(H,33,38)(H,35,37)/b34-21-. The fraction of sp³-hybridized carbons (Fsp3) is 0.156. The number of nitrogens with zero attached hydrogens (tertiary/aromatic N) is 2. The summed E-state index contributed by atoms with van der Waals surface area (Å²) in [5, 5.41) is 6.79. The van der Waals surface area contributed by atoms with Gasteiger partial charge in [0.25, 0.3) is 21.8 Å². The molecule has 0 saturated carbocycles. The number of aryl methyl sites for hydroxylation is 2. The smallest absolute Gasteiger partial charge is 0.264 e. The van der Waals surface area contributed by atoms with Gasteiger partial charge in [0.2, 0.25) is 0 Å². The number of anilines is 1. The molecule has 0 radical (unpaired) electrons. The first-order chi connectivity index (χ1) is 20.2. The van der Waals surface area contributed by atoms with Gasteiger partial charge in [0.15, 0.2) is 6.61 Å². The predicted octanol–water partition coefficient (Wildman–Crippen LogP) is 4.34. The molecular weight excluding hydrogens is 552 g/mol. The molecule has 0 aromatic heterocycles. The van der Waals surface area contributed by atoms with Gasteiger partial charge in [0, 0.05) is 6.54 Å². The summed E-state index contributed by atoms with van der Waals surface area (Å²) >= 11 is 0. The van der Waals surface area contributed by atoms with Crippen LogP contribution in [0.25, 0.3) is 0 Å². The average Bonchev–Trinajstić information content (AvgIpc) is 2.99. The number of sulfonamides is 1. The molecule has 42 heavy (non-hydrogen) atoms. The van der Waals surface area contributed by atoms with Crippen molar-refractivity contribution in [1.82, 2.24) is 10.7 Å². The van der Waals surface area contributed by atoms with Crippen molar-refractivity contribution in [1.29, 1.82) is 0 Å². The van der Waals surface area contributed by atoms with Crippen LogP contribution in [0.3, 0.4) is 0 Å². The molecular formula is C32H32N4O5S. The largest absolute Gasteiger partial charge is 0.484 e. The lowest BCUT2D eigenvalue weighted by Crippen LogP contribution is -2.40. The lowest BCUT2D eigenvalue weighted by Gasteiger charge is -2.25. The number of carbonyl (C=O) groups is 2. The van der Waals surface area contributed by atoms with Crippen LogP contribution in [0.4, 0.5) is 5.69 Å². The number of amides is 2. The van der Waals surface area contributed by atoms with Gasteiger partial charge in [-0.1, -0.05) is 66.2 Å². The maximum absolute atomic E-state index is 13.5. The van der Waals surface area contributed by atoms with E-state index in [1.165, 1.54) is 18.3 Å². The van der Waals surface area contributed by atoms with Crippen LogP contribution in [0.1, 0.15) is 22.3 Å². The third-order valence-electron chi connectivity index (χ3n) is 6.22. The number of hydrogen-bond acceptors (Lipinski definition) is 6. The van der Waals surface area contributed by atoms with E-state index >= 15 is 0 Å². The topological polar surface area (TPSA) is 117 Å². The molecule has 0 fully saturated rings. The van der Waals surface area contributed by atoms with Gasteiger partial charge >= 0.3 is 0 Å². The normalized spacial score (nSPS) is 11.2. The maximum atomic E-state index is 13.5. The van der Waals surface area contributed by atoms with Gasteiger partial charge in [-0.2, -0.15) is 5.10 Å². The predicted molar refractivity (Wildman–Crippen MR) is 163 cm³/mol. The molecule has 0 aliphatic heterocycles. The highest BCUT2D eigenvalue weighted by Crippen LogP contribution is 2.27. The quantitative estimate of drug-likeness (QED) is 0.190. The van der Waals surface area contributed by atoms with E-state index in [2.05, 4.69) is 15.8 Å². The van der Waals surface area contributed by atoms with E-state index in [-0.39, 0.29) is 17.4 Å². The molecule has 216 valence electrons. The van der Waals surface area contributed by atoms with Crippen molar-refractivity contribution in [2.75, 3.05) is 17.5 Å². The van der Waals surface area contributed by atoms with Crippen LogP contribution in [0.15, 0.2) is 113 Å². The van der Waals surface area contributed by atoms with Gasteiger partial charge in [0.05, 0.1) is 16.8 Å². The molecule has 4 rings (SSSR count). The first-order valence-electron chi connectivity index (χ1n) is 13.2. The molecule has 0 aliphatic carbocycles. The van der Waals surface area contributed by atoms with E-state index in [4.69, 9.17) is 4.74 Å². The van der Waals surface area contributed by atoms with Crippen LogP contribution in [0.5, 0.6) is 5.75 Å². The summed E-state index contributed by atoms with van der Waals surface area (Å²) in [6.45, 7) is 3.55. The summed E-state index contributed by atoms with van der Waals surface area (Å²) in [4.78, 5) is 25.0. The highest BCUT2D eigenvalue weighted by molar-refractivity contribution is 7.92. The molecule has 10 heteroatoms. The highest BCUT2D eigenvalue weighted by Gasteiger charge is 2.28. The van der Waals surface area contributed by atoms with E-state index in [9.17, 15) is 18.0 Å². The minimum atomic E-state index is -4.02. The maximum Gasteiger partial charge on any atom is 0.264 e. The summed E-state index contributed by atoms with van der Waals surface area (Å²) in [7, 11) is -4.02. The summed E-state index contributed by atoms with van der Waals surface area (Å²) in [6, 6.07) is 29.7. The van der Waals surface area contributed by atoms with Crippen LogP contribution in [-0.4, -0.2) is 39.6 Å². The third-order valence-corrected chi connectivity index (χ3v) is 8.00. The van der Waals surface area contributed by atoms with Gasteiger partial charge in [-0.15, -0.1) is 0 Å². The summed E-state index contributed by atoms with van der Waals surface area (Å²) in [6.07, 6.45) is 1.43. The number of carbonyl (C=O) groups excluding carboxylic acids is 2. The summed E-state index contributed by atoms with van der Waals surface area (Å²) in [5.74, 6) is -0.343. The lowest BCUT2D eigenvalue weighted by molar-refractivity contribution is -0.123. The van der Waals surface area contributed by atoms with Crippen molar-refractivity contribution in [2.45, 2.75) is 25.3 Å². The lowest BCUT2D eigenvalue weighted by atomic mass is 10.1. The SMILES string of the molecule is Cc1ccc(N(CC(=O)N/N=C\c2ccc(OCC(=O)NCc3ccccc3)cc2)S(=O)(=O)c2ccccc2)c(C)c1. The molecule has 0 bridgehead atoms. The van der Waals surface area contributed by atoms with Crippen molar-refractivity contribution in [3.05, 3.63) is 125 Å². The first kappa shape index (κ1) is 30.0. The second-order valence-electron chi connectivity index (χ2n) is 9.53. The van der Waals surface area contributed by atoms with Crippen LogP contribution >= 0.6 is 0 Å². The number of nitrogens with one attached hydrogen (secondary N) is 2. The molecule has 4 aromatic rings. The van der Waals surface area contributed by atoms with Crippen molar-refractivity contribution < 1.29 is 22.7 Å². The Labute approximate surface area is 245 Å². The number of hydrazone groups is 1. The van der Waals surface area contributed by atoms with E-state index in [0.29, 0.717) is 23.5 Å². The molecule has 0 spiro atoms. The fourth-order valence-corrected chi connectivity index (χ4v) is 5.60. The van der Waals surface area contributed by atoms with Crippen LogP contribution < -0.4 is 19.8 Å². The van der Waals surface area contributed by atoms with E-state index < -0.39 is 22.5 Å². The monoisotopic (exact) mass is 584 g/mol. The molecule has 0 unspecified atom stereocenters. The Morgan fingerprint density at radius 1 is 0.857 bits per heavy atom. The second kappa shape index (κ2) is 14.1. The van der Waals surface area contributed by atoms with E-state index in [1.54, 1.807) is 61.5 Å². The molecule has 2 amide bonds. The van der Waals surface area contributed by atoms with Gasteiger partial charge in [0.1, 0.15) is 12.3 Å². The molecule has 0 heterocycles. The minimum Gasteiger partial charge on any atom is -0.484 e. The van der Waals surface area contributed by atoms with Gasteiger partial charge < -0.3 is 10.1 Å². The Bertz CT molecular complexity index is 1640. The van der Waals surface area contributed by atoms with Gasteiger partial charge in [-0.05, 0) is 73.0 Å². The van der Waals surface area contributed by atoms with Crippen LogP contribution in [0, 0.1) is 13.8 Å². The Morgan fingerprint density at radius 2 is 1.52 bits per heavy atom. The molecule has 0 aliphatic rings. The highest BCUT2D eigenvalue weighted by atomic mass is 32.2. The zero-order chi connectivity index (χ0) is 30.0. The number of rotatable bonds is 12. The number of benzene rings is 4. The number of ether oxygens (including phenoxy) is 1. The number of hydrogen-bond donors (Lipinski definition) is 2. The van der Waals surface area contributed by atoms with Crippen molar-refractivity contribution in [3.63, 3.8) is 0 Å². The average molecular weight is 585 g/mol. The third kappa shape index (κ3) is 8.28. The van der Waals surface area contributed by atoms with Crippen molar-refractivity contribution in [3.8, 4) is 5.75 Å². The Hall–Kier alpha value is -4.96. The zero-order valence-electron chi connectivity index (χ0n) is 23.4. The van der Waals surface area contributed by atoms with Gasteiger partial charge in [-0.25, -0.2) is 13.8 Å². The Kier molecular flexibility index (Phi) is 10.1. The Balaban J connectivity index is 1.34. The van der Waals surface area contributed by atoms with Crippen LogP contribution in [-0.2, 0) is 26.2 Å². The van der Waals surface area contributed by atoms with Crippen molar-refractivity contribution >= 4 is 33.7 Å². The molecule has 0 atom stereocenters. The molecule has 0 saturated heterocycles. The van der Waals surface area contributed by atoms with Crippen molar-refractivity contribution in [2.24, 2.45) is 5.10 Å². The first-order valence-corrected chi connectivity index (χ1v) is 14.7. The molecule has 9 nitrogen and oxygen atoms in total. The van der Waals surface area contributed by atoms with E-state index in [1.807, 2.05) is 43.3 Å². The molecule has 4 aromatic carbocycles. The fourth-order valence-electron chi connectivity index (χ4n) is 4.10. The van der Waals surface area contributed by atoms with E-state index in [0.717, 1.165) is 21.0 Å². The van der Waals surface area contributed by atoms with Crippen LogP contribution in [0.2, 0.25) is 0 Å². The zero-order valence-corrected chi connectivity index (χ0v) is 24.2. The minimum absolute atomic E-state index is 0.0808.